The van der Waals surface area contributed by atoms with Crippen LogP contribution >= 0.6 is 11.6 Å². The first kappa shape index (κ1) is 22.6. The summed E-state index contributed by atoms with van der Waals surface area (Å²) >= 11 is 5.87. The minimum absolute atomic E-state index is 0.0203. The molecule has 0 saturated carbocycles. The van der Waals surface area contributed by atoms with Crippen molar-refractivity contribution in [1.82, 2.24) is 0 Å². The molecule has 0 unspecified atom stereocenters. The number of esters is 1. The number of benzene rings is 2. The van der Waals surface area contributed by atoms with E-state index in [1.165, 1.54) is 36.4 Å². The second-order valence-corrected chi connectivity index (χ2v) is 8.49. The van der Waals surface area contributed by atoms with Gasteiger partial charge in [-0.05, 0) is 47.9 Å². The van der Waals surface area contributed by atoms with Gasteiger partial charge in [-0.15, -0.1) is 0 Å². The highest BCUT2D eigenvalue weighted by molar-refractivity contribution is 7.90. The molecule has 29 heavy (non-hydrogen) atoms. The molecule has 9 heteroatoms. The average molecular weight is 441 g/mol. The van der Waals surface area contributed by atoms with E-state index >= 15 is 0 Å². The normalized spacial score (nSPS) is 12.3. The third-order valence-electron chi connectivity index (χ3n) is 3.93. The maximum Gasteiger partial charge on any atom is 0.335 e. The van der Waals surface area contributed by atoms with Gasteiger partial charge >= 0.3 is 11.9 Å². The van der Waals surface area contributed by atoms with Crippen LogP contribution in [0.3, 0.4) is 0 Å². The van der Waals surface area contributed by atoms with Gasteiger partial charge in [-0.3, -0.25) is 4.79 Å². The Hall–Kier alpha value is -2.71. The molecule has 2 rings (SSSR count). The van der Waals surface area contributed by atoms with E-state index in [-0.39, 0.29) is 33.2 Å². The zero-order chi connectivity index (χ0) is 21.8. The molecule has 0 bridgehead atoms. The lowest BCUT2D eigenvalue weighted by Gasteiger charge is -2.15. The molecule has 1 N–H and O–H groups in total. The first-order valence-electron chi connectivity index (χ1n) is 8.42. The molecule has 0 aliphatic rings. The second-order valence-electron chi connectivity index (χ2n) is 6.07. The summed E-state index contributed by atoms with van der Waals surface area (Å²) in [5.41, 5.74) is 0.624. The van der Waals surface area contributed by atoms with E-state index in [1.807, 2.05) is 0 Å². The highest BCUT2D eigenvalue weighted by Gasteiger charge is 2.23. The molecule has 0 fully saturated rings. The van der Waals surface area contributed by atoms with Crippen LogP contribution in [0.15, 0.2) is 52.9 Å². The molecule has 0 heterocycles. The smallest absolute Gasteiger partial charge is 0.335 e. The number of carbonyl (C=O) groups excluding carboxylic acids is 1. The topological polar surface area (TPSA) is 97.7 Å². The van der Waals surface area contributed by atoms with Gasteiger partial charge in [0.2, 0.25) is 0 Å². The molecule has 0 spiro atoms. The van der Waals surface area contributed by atoms with Crippen molar-refractivity contribution >= 4 is 38.9 Å². The molecule has 0 aromatic heterocycles. The standard InChI is InChI=1S/C20H18ClFO6S/c1-3-28-20(25)15(11-18(23)24)19(13-6-9-17(22)16(21)10-13)12-4-7-14(8-5-12)29(2,26)27/h4-10H,3,11H2,1-2H3,(H,23,24)/b19-15+. The summed E-state index contributed by atoms with van der Waals surface area (Å²) in [7, 11) is -3.46. The molecule has 6 nitrogen and oxygen atoms in total. The largest absolute Gasteiger partial charge is 0.481 e. The van der Waals surface area contributed by atoms with Crippen molar-refractivity contribution < 1.29 is 32.2 Å². The summed E-state index contributed by atoms with van der Waals surface area (Å²) < 4.78 is 42.1. The maximum absolute atomic E-state index is 13.6. The van der Waals surface area contributed by atoms with E-state index in [0.29, 0.717) is 5.56 Å². The quantitative estimate of drug-likeness (QED) is 0.520. The van der Waals surface area contributed by atoms with E-state index in [0.717, 1.165) is 12.3 Å². The van der Waals surface area contributed by atoms with Crippen molar-refractivity contribution in [1.29, 1.82) is 0 Å². The highest BCUT2D eigenvalue weighted by atomic mass is 35.5. The molecule has 154 valence electrons. The molecule has 0 atom stereocenters. The summed E-state index contributed by atoms with van der Waals surface area (Å²) in [6.07, 6.45) is 0.393. The van der Waals surface area contributed by atoms with Crippen LogP contribution in [0.2, 0.25) is 5.02 Å². The molecule has 0 aliphatic carbocycles. The minimum Gasteiger partial charge on any atom is -0.481 e. The van der Waals surface area contributed by atoms with Crippen molar-refractivity contribution in [3.63, 3.8) is 0 Å². The van der Waals surface area contributed by atoms with Gasteiger partial charge in [0, 0.05) is 6.26 Å². The van der Waals surface area contributed by atoms with Crippen LogP contribution in [0.4, 0.5) is 4.39 Å². The summed E-state index contributed by atoms with van der Waals surface area (Å²) in [4.78, 5) is 23.9. The third-order valence-corrected chi connectivity index (χ3v) is 5.35. The molecule has 0 amide bonds. The van der Waals surface area contributed by atoms with Crippen LogP contribution in [-0.4, -0.2) is 38.3 Å². The Balaban J connectivity index is 2.80. The molecular formula is C20H18ClFO6S. The first-order chi connectivity index (χ1) is 13.5. The number of hydrogen-bond acceptors (Lipinski definition) is 5. The van der Waals surface area contributed by atoms with Gasteiger partial charge in [0.1, 0.15) is 5.82 Å². The number of carboxylic acid groups (broad SMARTS) is 1. The van der Waals surface area contributed by atoms with Gasteiger partial charge in [-0.2, -0.15) is 0 Å². The third kappa shape index (κ3) is 5.65. The van der Waals surface area contributed by atoms with Gasteiger partial charge in [-0.25, -0.2) is 17.6 Å². The fraction of sp³-hybridized carbons (Fsp3) is 0.200. The Kier molecular flexibility index (Phi) is 7.16. The van der Waals surface area contributed by atoms with Crippen LogP contribution in [0.5, 0.6) is 0 Å². The fourth-order valence-corrected chi connectivity index (χ4v) is 3.48. The Morgan fingerprint density at radius 2 is 1.69 bits per heavy atom. The predicted molar refractivity (Wildman–Crippen MR) is 106 cm³/mol. The molecule has 0 radical (unpaired) electrons. The number of halogens is 2. The van der Waals surface area contributed by atoms with Crippen molar-refractivity contribution in [3.8, 4) is 0 Å². The Labute approximate surface area is 172 Å². The lowest BCUT2D eigenvalue weighted by atomic mass is 9.91. The van der Waals surface area contributed by atoms with Gasteiger partial charge in [0.05, 0.1) is 28.5 Å². The van der Waals surface area contributed by atoms with Crippen LogP contribution in [-0.2, 0) is 24.2 Å². The van der Waals surface area contributed by atoms with Gasteiger partial charge in [0.25, 0.3) is 0 Å². The number of carbonyl (C=O) groups is 2. The van der Waals surface area contributed by atoms with Crippen molar-refractivity contribution in [2.24, 2.45) is 0 Å². The van der Waals surface area contributed by atoms with Gasteiger partial charge in [-0.1, -0.05) is 29.8 Å². The number of rotatable bonds is 7. The first-order valence-corrected chi connectivity index (χ1v) is 10.7. The SMILES string of the molecule is CCOC(=O)/C(CC(=O)O)=C(\c1ccc(S(C)(=O)=O)cc1)c1ccc(F)c(Cl)c1. The van der Waals surface area contributed by atoms with Crippen molar-refractivity contribution in [2.75, 3.05) is 12.9 Å². The molecule has 2 aromatic rings. The van der Waals surface area contributed by atoms with Crippen molar-refractivity contribution in [2.45, 2.75) is 18.2 Å². The fourth-order valence-electron chi connectivity index (χ4n) is 2.67. The average Bonchev–Trinajstić information content (AvgIpc) is 2.63. The van der Waals surface area contributed by atoms with E-state index < -0.39 is 34.0 Å². The van der Waals surface area contributed by atoms with E-state index in [9.17, 15) is 27.5 Å². The summed E-state index contributed by atoms with van der Waals surface area (Å²) in [5, 5.41) is 9.07. The lowest BCUT2D eigenvalue weighted by Crippen LogP contribution is -2.14. The second kappa shape index (κ2) is 9.19. The van der Waals surface area contributed by atoms with E-state index in [4.69, 9.17) is 16.3 Å². The molecule has 2 aromatic carbocycles. The highest BCUT2D eigenvalue weighted by Crippen LogP contribution is 2.32. The summed E-state index contributed by atoms with van der Waals surface area (Å²) in [6.45, 7) is 1.60. The van der Waals surface area contributed by atoms with Crippen LogP contribution in [0, 0.1) is 5.82 Å². The van der Waals surface area contributed by atoms with E-state index in [2.05, 4.69) is 0 Å². The molecule has 0 aliphatic heterocycles. The summed E-state index contributed by atoms with van der Waals surface area (Å²) in [5.74, 6) is -2.80. The van der Waals surface area contributed by atoms with Crippen LogP contribution in [0.1, 0.15) is 24.5 Å². The van der Waals surface area contributed by atoms with Crippen LogP contribution in [0.25, 0.3) is 5.57 Å². The van der Waals surface area contributed by atoms with Gasteiger partial charge < -0.3 is 9.84 Å². The number of hydrogen-bond donors (Lipinski definition) is 1. The maximum atomic E-state index is 13.6. The van der Waals surface area contributed by atoms with Crippen molar-refractivity contribution in [3.05, 3.63) is 70.0 Å². The summed E-state index contributed by atoms with van der Waals surface area (Å²) in [6, 6.07) is 9.23. The number of aliphatic carboxylic acids is 1. The Morgan fingerprint density at radius 3 is 2.17 bits per heavy atom. The zero-order valence-corrected chi connectivity index (χ0v) is 17.2. The predicted octanol–water partition coefficient (Wildman–Crippen LogP) is 3.72. The number of sulfone groups is 1. The lowest BCUT2D eigenvalue weighted by molar-refractivity contribution is -0.142. The number of carboxylic acids is 1. The Morgan fingerprint density at radius 1 is 1.10 bits per heavy atom. The van der Waals surface area contributed by atoms with Crippen LogP contribution < -0.4 is 0 Å². The van der Waals surface area contributed by atoms with Gasteiger partial charge in [0.15, 0.2) is 9.84 Å². The van der Waals surface area contributed by atoms with E-state index in [1.54, 1.807) is 6.92 Å². The molecular weight excluding hydrogens is 423 g/mol. The molecule has 0 saturated heterocycles. The Bertz CT molecular complexity index is 1070. The zero-order valence-electron chi connectivity index (χ0n) is 15.6. The minimum atomic E-state index is -3.46. The monoisotopic (exact) mass is 440 g/mol. The number of ether oxygens (including phenoxy) is 1.